The van der Waals surface area contributed by atoms with E-state index in [1.54, 1.807) is 17.8 Å². The van der Waals surface area contributed by atoms with Gasteiger partial charge < -0.3 is 19.5 Å². The van der Waals surface area contributed by atoms with E-state index >= 15 is 0 Å². The Balaban J connectivity index is 1.84. The van der Waals surface area contributed by atoms with Gasteiger partial charge in [-0.1, -0.05) is 13.8 Å². The van der Waals surface area contributed by atoms with Crippen LogP contribution in [0.3, 0.4) is 0 Å². The Morgan fingerprint density at radius 1 is 1.08 bits per heavy atom. The SMILES string of the molecule is COC(=O)Nc1cc(-c2ccc(OCC(C)(CC(C)C)NC(=O)OC(C)(C)C)c3ncsc23)ccn1. The molecule has 36 heavy (non-hydrogen) atoms. The smallest absolute Gasteiger partial charge is 0.412 e. The molecule has 1 aromatic carbocycles. The van der Waals surface area contributed by atoms with E-state index in [1.165, 1.54) is 18.4 Å². The van der Waals surface area contributed by atoms with E-state index in [9.17, 15) is 9.59 Å². The molecule has 0 aliphatic heterocycles. The lowest BCUT2D eigenvalue weighted by molar-refractivity contribution is 0.0408. The maximum atomic E-state index is 12.5. The van der Waals surface area contributed by atoms with Gasteiger partial charge in [0.15, 0.2) is 0 Å². The zero-order chi connectivity index (χ0) is 26.5. The van der Waals surface area contributed by atoms with Crippen LogP contribution in [0.5, 0.6) is 5.75 Å². The van der Waals surface area contributed by atoms with Crippen LogP contribution in [0.4, 0.5) is 15.4 Å². The van der Waals surface area contributed by atoms with Crippen molar-refractivity contribution in [2.24, 2.45) is 5.92 Å². The molecule has 0 saturated carbocycles. The third-order valence-corrected chi connectivity index (χ3v) is 6.00. The molecule has 0 radical (unpaired) electrons. The van der Waals surface area contributed by atoms with Gasteiger partial charge in [0.2, 0.25) is 0 Å². The monoisotopic (exact) mass is 514 g/mol. The lowest BCUT2D eigenvalue weighted by Gasteiger charge is -2.33. The van der Waals surface area contributed by atoms with Gasteiger partial charge in [-0.15, -0.1) is 11.3 Å². The zero-order valence-electron chi connectivity index (χ0n) is 21.8. The predicted molar refractivity (Wildman–Crippen MR) is 142 cm³/mol. The number of nitrogens with zero attached hydrogens (tertiary/aromatic N) is 2. The topological polar surface area (TPSA) is 112 Å². The van der Waals surface area contributed by atoms with Crippen molar-refractivity contribution in [3.8, 4) is 16.9 Å². The molecule has 0 spiro atoms. The van der Waals surface area contributed by atoms with Gasteiger partial charge in [-0.2, -0.15) is 0 Å². The van der Waals surface area contributed by atoms with Gasteiger partial charge in [0.25, 0.3) is 0 Å². The van der Waals surface area contributed by atoms with Crippen LogP contribution in [0, 0.1) is 5.92 Å². The number of nitrogens with one attached hydrogen (secondary N) is 2. The summed E-state index contributed by atoms with van der Waals surface area (Å²) in [4.78, 5) is 32.8. The highest BCUT2D eigenvalue weighted by molar-refractivity contribution is 7.17. The molecule has 10 heteroatoms. The maximum Gasteiger partial charge on any atom is 0.412 e. The van der Waals surface area contributed by atoms with E-state index in [1.807, 2.05) is 45.9 Å². The van der Waals surface area contributed by atoms with Gasteiger partial charge in [-0.05, 0) is 69.9 Å². The molecule has 1 atom stereocenters. The molecule has 0 bridgehead atoms. The number of methoxy groups -OCH3 is 1. The number of fused-ring (bicyclic) bond motifs is 1. The minimum Gasteiger partial charge on any atom is -0.489 e. The van der Waals surface area contributed by atoms with E-state index in [0.29, 0.717) is 23.9 Å². The number of alkyl carbamates (subject to hydrolysis) is 1. The van der Waals surface area contributed by atoms with Crippen molar-refractivity contribution in [2.75, 3.05) is 19.0 Å². The Bertz CT molecular complexity index is 1220. The number of pyridine rings is 1. The summed E-state index contributed by atoms with van der Waals surface area (Å²) in [5.74, 6) is 1.34. The number of anilines is 1. The van der Waals surface area contributed by atoms with Crippen molar-refractivity contribution in [2.45, 2.75) is 59.1 Å². The van der Waals surface area contributed by atoms with Crippen LogP contribution >= 0.6 is 11.3 Å². The number of aromatic nitrogens is 2. The lowest BCUT2D eigenvalue weighted by Crippen LogP contribution is -2.52. The average Bonchev–Trinajstić information content (AvgIpc) is 3.25. The fourth-order valence-electron chi connectivity index (χ4n) is 3.93. The highest BCUT2D eigenvalue weighted by atomic mass is 32.1. The summed E-state index contributed by atoms with van der Waals surface area (Å²) in [6.45, 7) is 11.9. The first-order valence-corrected chi connectivity index (χ1v) is 12.6. The normalized spacial score (nSPS) is 13.2. The summed E-state index contributed by atoms with van der Waals surface area (Å²) in [5.41, 5.74) is 3.06. The van der Waals surface area contributed by atoms with Crippen molar-refractivity contribution in [1.82, 2.24) is 15.3 Å². The lowest BCUT2D eigenvalue weighted by atomic mass is 9.91. The van der Waals surface area contributed by atoms with Gasteiger partial charge in [-0.3, -0.25) is 5.32 Å². The molecule has 2 amide bonds. The average molecular weight is 515 g/mol. The molecule has 0 aliphatic carbocycles. The van der Waals surface area contributed by atoms with Gasteiger partial charge >= 0.3 is 12.2 Å². The second kappa shape index (κ2) is 11.1. The number of amides is 2. The highest BCUT2D eigenvalue weighted by Gasteiger charge is 2.31. The number of benzene rings is 1. The van der Waals surface area contributed by atoms with Crippen molar-refractivity contribution >= 4 is 39.6 Å². The number of ether oxygens (including phenoxy) is 3. The fourth-order valence-corrected chi connectivity index (χ4v) is 4.77. The standard InChI is InChI=1S/C26H34N4O5S/c1-16(2)13-26(6,30-24(32)35-25(3,4)5)14-34-19-9-8-18(22-21(19)28-15-36-22)17-10-11-27-20(12-17)29-23(31)33-7/h8-12,15-16H,13-14H2,1-7H3,(H,30,32)(H,27,29,31). The second-order valence-electron chi connectivity index (χ2n) is 10.3. The van der Waals surface area contributed by atoms with Crippen LogP contribution in [0.25, 0.3) is 21.3 Å². The zero-order valence-corrected chi connectivity index (χ0v) is 22.6. The third kappa shape index (κ3) is 7.30. The molecule has 0 aliphatic rings. The van der Waals surface area contributed by atoms with Crippen LogP contribution in [0.15, 0.2) is 36.0 Å². The molecule has 2 heterocycles. The van der Waals surface area contributed by atoms with Crippen LogP contribution in [0.2, 0.25) is 0 Å². The van der Waals surface area contributed by atoms with E-state index < -0.39 is 23.3 Å². The summed E-state index contributed by atoms with van der Waals surface area (Å²) in [6.07, 6.45) is 1.27. The molecule has 3 aromatic rings. The summed E-state index contributed by atoms with van der Waals surface area (Å²) in [5, 5.41) is 5.58. The van der Waals surface area contributed by atoms with Gasteiger partial charge in [0, 0.05) is 11.8 Å². The molecule has 2 aromatic heterocycles. The van der Waals surface area contributed by atoms with Crippen molar-refractivity contribution in [3.05, 3.63) is 36.0 Å². The minimum absolute atomic E-state index is 0.249. The Hall–Kier alpha value is -3.40. The summed E-state index contributed by atoms with van der Waals surface area (Å²) in [6, 6.07) is 7.46. The number of hydrogen-bond acceptors (Lipinski definition) is 8. The number of thiazole rings is 1. The third-order valence-electron chi connectivity index (χ3n) is 5.14. The van der Waals surface area contributed by atoms with Gasteiger partial charge in [0.05, 0.1) is 22.9 Å². The number of carbonyl (C=O) groups is 2. The molecule has 2 N–H and O–H groups in total. The van der Waals surface area contributed by atoms with E-state index in [2.05, 4.69) is 39.2 Å². The van der Waals surface area contributed by atoms with Crippen molar-refractivity contribution in [3.63, 3.8) is 0 Å². The molecule has 1 unspecified atom stereocenters. The highest BCUT2D eigenvalue weighted by Crippen LogP contribution is 2.37. The van der Waals surface area contributed by atoms with Gasteiger partial charge in [-0.25, -0.2) is 19.6 Å². The minimum atomic E-state index is -0.642. The molecular formula is C26H34N4O5S. The number of hydrogen-bond donors (Lipinski definition) is 2. The first-order valence-electron chi connectivity index (χ1n) is 11.7. The summed E-state index contributed by atoms with van der Waals surface area (Å²) < 4.78 is 17.3. The van der Waals surface area contributed by atoms with Crippen molar-refractivity contribution < 1.29 is 23.8 Å². The molecule has 194 valence electrons. The molecule has 0 saturated heterocycles. The van der Waals surface area contributed by atoms with E-state index in [4.69, 9.17) is 9.47 Å². The summed E-state index contributed by atoms with van der Waals surface area (Å²) >= 11 is 1.49. The predicted octanol–water partition coefficient (Wildman–Crippen LogP) is 6.24. The van der Waals surface area contributed by atoms with Crippen molar-refractivity contribution in [1.29, 1.82) is 0 Å². The Labute approximate surface area is 215 Å². The fraction of sp³-hybridized carbons (Fsp3) is 0.462. The Morgan fingerprint density at radius 2 is 1.83 bits per heavy atom. The Morgan fingerprint density at radius 3 is 2.50 bits per heavy atom. The quantitative estimate of drug-likeness (QED) is 0.366. The van der Waals surface area contributed by atoms with E-state index in [-0.39, 0.29) is 6.61 Å². The number of rotatable bonds is 8. The van der Waals surface area contributed by atoms with Crippen LogP contribution in [0.1, 0.15) is 48.0 Å². The maximum absolute atomic E-state index is 12.5. The van der Waals surface area contributed by atoms with Crippen LogP contribution < -0.4 is 15.4 Å². The first-order chi connectivity index (χ1) is 16.9. The molecule has 0 fully saturated rings. The van der Waals surface area contributed by atoms with E-state index in [0.717, 1.165) is 21.3 Å². The van der Waals surface area contributed by atoms with Crippen LogP contribution in [-0.2, 0) is 9.47 Å². The van der Waals surface area contributed by atoms with Gasteiger partial charge in [0.1, 0.15) is 29.3 Å². The molecular weight excluding hydrogens is 480 g/mol. The second-order valence-corrected chi connectivity index (χ2v) is 11.1. The first kappa shape index (κ1) is 27.2. The largest absolute Gasteiger partial charge is 0.489 e. The Kier molecular flexibility index (Phi) is 8.39. The van der Waals surface area contributed by atoms with Crippen LogP contribution in [-0.4, -0.2) is 47.0 Å². The molecule has 9 nitrogen and oxygen atoms in total. The molecule has 3 rings (SSSR count). The summed E-state index contributed by atoms with van der Waals surface area (Å²) in [7, 11) is 1.30. The number of carbonyl (C=O) groups excluding carboxylic acids is 2.